The molecule has 26 heavy (non-hydrogen) atoms. The molecule has 0 aliphatic carbocycles. The number of aromatic nitrogens is 3. The van der Waals surface area contributed by atoms with Gasteiger partial charge in [-0.25, -0.2) is 4.98 Å². The quantitative estimate of drug-likeness (QED) is 0.439. The topological polar surface area (TPSA) is 76.7 Å². The highest BCUT2D eigenvalue weighted by Gasteiger charge is 2.19. The molecule has 1 aromatic carbocycles. The van der Waals surface area contributed by atoms with Crippen molar-refractivity contribution in [2.75, 3.05) is 13.1 Å². The first kappa shape index (κ1) is 15.5. The van der Waals surface area contributed by atoms with Gasteiger partial charge in [0, 0.05) is 28.9 Å². The summed E-state index contributed by atoms with van der Waals surface area (Å²) >= 11 is 0. The summed E-state index contributed by atoms with van der Waals surface area (Å²) in [4.78, 5) is 10.9. The fourth-order valence-electron chi connectivity index (χ4n) is 4.27. The van der Waals surface area contributed by atoms with Crippen LogP contribution in [0, 0.1) is 6.92 Å². The number of hydrogen-bond acceptors (Lipinski definition) is 3. The van der Waals surface area contributed by atoms with E-state index in [1.54, 1.807) is 12.4 Å². The number of benzene rings is 1. The lowest BCUT2D eigenvalue weighted by atomic mass is 9.89. The van der Waals surface area contributed by atoms with Crippen LogP contribution < -0.4 is 5.32 Å². The number of aromatic amines is 2. The van der Waals surface area contributed by atoms with Gasteiger partial charge in [0.25, 0.3) is 0 Å². The highest BCUT2D eigenvalue weighted by Crippen LogP contribution is 2.38. The number of rotatable bonds is 2. The van der Waals surface area contributed by atoms with Crippen LogP contribution in [0.4, 0.5) is 0 Å². The molecule has 0 atom stereocenters. The van der Waals surface area contributed by atoms with E-state index < -0.39 is 0 Å². The molecule has 4 aromatic rings. The Labute approximate surface area is 151 Å². The fraction of sp³-hybridized carbons (Fsp3) is 0.286. The predicted octanol–water partition coefficient (Wildman–Crippen LogP) is 4.19. The zero-order valence-electron chi connectivity index (χ0n) is 14.8. The molecule has 4 N–H and O–H groups in total. The van der Waals surface area contributed by atoms with Gasteiger partial charge >= 0.3 is 0 Å². The summed E-state index contributed by atoms with van der Waals surface area (Å²) in [5.41, 5.74) is 6.50. The van der Waals surface area contributed by atoms with Crippen LogP contribution in [0.15, 0.2) is 36.7 Å². The minimum Gasteiger partial charge on any atom is -0.506 e. The SMILES string of the molecule is Cc1c(-c2ccnc3[nH]cc(O)c23)[nH]c2ccc(C3CCNCC3)cc12. The summed E-state index contributed by atoms with van der Waals surface area (Å²) in [5, 5.41) is 15.7. The zero-order chi connectivity index (χ0) is 17.7. The first-order valence-electron chi connectivity index (χ1n) is 9.21. The van der Waals surface area contributed by atoms with Crippen LogP contribution >= 0.6 is 0 Å². The molecule has 1 aliphatic rings. The molecular formula is C21H22N4O. The summed E-state index contributed by atoms with van der Waals surface area (Å²) in [7, 11) is 0. The van der Waals surface area contributed by atoms with Crippen molar-refractivity contribution in [3.8, 4) is 17.0 Å². The first-order chi connectivity index (χ1) is 12.7. The van der Waals surface area contributed by atoms with E-state index in [0.717, 1.165) is 35.2 Å². The monoisotopic (exact) mass is 346 g/mol. The summed E-state index contributed by atoms with van der Waals surface area (Å²) in [6, 6.07) is 8.75. The van der Waals surface area contributed by atoms with Crippen LogP contribution in [-0.4, -0.2) is 33.1 Å². The van der Waals surface area contributed by atoms with Crippen LogP contribution in [0.5, 0.6) is 5.75 Å². The molecule has 132 valence electrons. The molecule has 0 saturated carbocycles. The largest absolute Gasteiger partial charge is 0.506 e. The van der Waals surface area contributed by atoms with Crippen LogP contribution in [0.2, 0.25) is 0 Å². The van der Waals surface area contributed by atoms with Gasteiger partial charge in [0.05, 0.1) is 11.1 Å². The minimum absolute atomic E-state index is 0.233. The number of piperidine rings is 1. The number of aryl methyl sites for hydroxylation is 1. The van der Waals surface area contributed by atoms with Crippen molar-refractivity contribution in [3.63, 3.8) is 0 Å². The molecule has 1 aliphatic heterocycles. The predicted molar refractivity (Wildman–Crippen MR) is 105 cm³/mol. The van der Waals surface area contributed by atoms with E-state index in [4.69, 9.17) is 0 Å². The second-order valence-electron chi connectivity index (χ2n) is 7.21. The third-order valence-electron chi connectivity index (χ3n) is 5.71. The Hall–Kier alpha value is -2.79. The average Bonchev–Trinajstić information content (AvgIpc) is 3.23. The van der Waals surface area contributed by atoms with Gasteiger partial charge in [-0.1, -0.05) is 6.07 Å². The lowest BCUT2D eigenvalue weighted by molar-refractivity contribution is 0.460. The van der Waals surface area contributed by atoms with E-state index in [-0.39, 0.29) is 5.75 Å². The summed E-state index contributed by atoms with van der Waals surface area (Å²) in [5.74, 6) is 0.872. The summed E-state index contributed by atoms with van der Waals surface area (Å²) in [6.07, 6.45) is 5.77. The van der Waals surface area contributed by atoms with Gasteiger partial charge in [-0.05, 0) is 68.1 Å². The normalized spacial score (nSPS) is 15.9. The summed E-state index contributed by atoms with van der Waals surface area (Å²) < 4.78 is 0. The molecule has 3 aromatic heterocycles. The molecule has 4 heterocycles. The lowest BCUT2D eigenvalue weighted by Gasteiger charge is -2.23. The van der Waals surface area contributed by atoms with Crippen molar-refractivity contribution in [3.05, 3.63) is 47.8 Å². The molecule has 1 saturated heterocycles. The first-order valence-corrected chi connectivity index (χ1v) is 9.21. The van der Waals surface area contributed by atoms with Gasteiger partial charge in [-0.3, -0.25) is 0 Å². The van der Waals surface area contributed by atoms with Gasteiger partial charge in [0.1, 0.15) is 11.4 Å². The minimum atomic E-state index is 0.233. The van der Waals surface area contributed by atoms with Gasteiger partial charge in [0.2, 0.25) is 0 Å². The van der Waals surface area contributed by atoms with Crippen molar-refractivity contribution < 1.29 is 5.11 Å². The molecular weight excluding hydrogens is 324 g/mol. The molecule has 1 fully saturated rings. The lowest BCUT2D eigenvalue weighted by Crippen LogP contribution is -2.26. The van der Waals surface area contributed by atoms with E-state index in [0.29, 0.717) is 11.6 Å². The number of nitrogens with one attached hydrogen (secondary N) is 3. The highest BCUT2D eigenvalue weighted by molar-refractivity contribution is 6.01. The smallest absolute Gasteiger partial charge is 0.143 e. The maximum atomic E-state index is 10.2. The molecule has 5 nitrogen and oxygen atoms in total. The van der Waals surface area contributed by atoms with Gasteiger partial charge in [0.15, 0.2) is 0 Å². The molecule has 0 unspecified atom stereocenters. The Bertz CT molecular complexity index is 1100. The third-order valence-corrected chi connectivity index (χ3v) is 5.71. The van der Waals surface area contributed by atoms with Crippen molar-refractivity contribution >= 4 is 21.9 Å². The third kappa shape index (κ3) is 2.31. The van der Waals surface area contributed by atoms with Crippen LogP contribution in [0.25, 0.3) is 33.2 Å². The van der Waals surface area contributed by atoms with E-state index in [9.17, 15) is 5.11 Å². The van der Waals surface area contributed by atoms with Gasteiger partial charge in [-0.15, -0.1) is 0 Å². The number of fused-ring (bicyclic) bond motifs is 2. The maximum absolute atomic E-state index is 10.2. The number of nitrogens with zero attached hydrogens (tertiary/aromatic N) is 1. The highest BCUT2D eigenvalue weighted by atomic mass is 16.3. The Morgan fingerprint density at radius 3 is 2.85 bits per heavy atom. The Kier molecular flexibility index (Phi) is 3.50. The van der Waals surface area contributed by atoms with Gasteiger partial charge < -0.3 is 20.4 Å². The van der Waals surface area contributed by atoms with Crippen molar-refractivity contribution in [1.29, 1.82) is 0 Å². The van der Waals surface area contributed by atoms with Crippen LogP contribution in [-0.2, 0) is 0 Å². The molecule has 5 rings (SSSR count). The summed E-state index contributed by atoms with van der Waals surface area (Å²) in [6.45, 7) is 4.35. The molecule has 5 heteroatoms. The van der Waals surface area contributed by atoms with E-state index >= 15 is 0 Å². The van der Waals surface area contributed by atoms with E-state index in [1.807, 2.05) is 6.07 Å². The molecule has 0 amide bonds. The standard InChI is InChI=1S/C21H22N4O/c1-12-16-10-14(13-4-7-22-8-5-13)2-3-17(16)25-20(12)15-6-9-23-21-19(15)18(26)11-24-21/h2-3,6,9-11,13,22,25-26H,4-5,7-8H2,1H3,(H,23,24). The second-order valence-corrected chi connectivity index (χ2v) is 7.21. The molecule has 0 bridgehead atoms. The fourth-order valence-corrected chi connectivity index (χ4v) is 4.27. The number of hydrogen-bond donors (Lipinski definition) is 4. The Morgan fingerprint density at radius 1 is 1.15 bits per heavy atom. The van der Waals surface area contributed by atoms with Crippen LogP contribution in [0.3, 0.4) is 0 Å². The maximum Gasteiger partial charge on any atom is 0.143 e. The van der Waals surface area contributed by atoms with Crippen molar-refractivity contribution in [1.82, 2.24) is 20.3 Å². The van der Waals surface area contributed by atoms with Gasteiger partial charge in [-0.2, -0.15) is 0 Å². The average molecular weight is 346 g/mol. The Balaban J connectivity index is 1.67. The van der Waals surface area contributed by atoms with E-state index in [2.05, 4.69) is 45.4 Å². The van der Waals surface area contributed by atoms with Crippen molar-refractivity contribution in [2.24, 2.45) is 0 Å². The number of pyridine rings is 1. The van der Waals surface area contributed by atoms with Crippen LogP contribution in [0.1, 0.15) is 29.9 Å². The number of aromatic hydroxyl groups is 1. The second kappa shape index (κ2) is 5.88. The molecule has 0 spiro atoms. The molecule has 0 radical (unpaired) electrons. The van der Waals surface area contributed by atoms with E-state index in [1.165, 1.54) is 29.4 Å². The number of H-pyrrole nitrogens is 2. The zero-order valence-corrected chi connectivity index (χ0v) is 14.8. The Morgan fingerprint density at radius 2 is 2.00 bits per heavy atom. The van der Waals surface area contributed by atoms with Crippen molar-refractivity contribution in [2.45, 2.75) is 25.7 Å².